The number of hydrogen-bond donors (Lipinski definition) is 1. The second-order valence-corrected chi connectivity index (χ2v) is 3.46. The van der Waals surface area contributed by atoms with Gasteiger partial charge >= 0.3 is 0 Å². The van der Waals surface area contributed by atoms with Crippen LogP contribution in [0, 0.1) is 11.3 Å². The number of aliphatic hydroxyl groups is 1. The largest absolute Gasteiger partial charge is 0.395 e. The summed E-state index contributed by atoms with van der Waals surface area (Å²) in [5.74, 6) is 0. The van der Waals surface area contributed by atoms with Crippen LogP contribution in [0.4, 0.5) is 5.69 Å². The van der Waals surface area contributed by atoms with E-state index >= 15 is 0 Å². The minimum atomic E-state index is 0.0607. The van der Waals surface area contributed by atoms with Gasteiger partial charge in [0.2, 0.25) is 0 Å². The number of anilines is 1. The maximum atomic E-state index is 8.99. The van der Waals surface area contributed by atoms with Gasteiger partial charge in [-0.1, -0.05) is 17.7 Å². The van der Waals surface area contributed by atoms with Gasteiger partial charge in [-0.3, -0.25) is 0 Å². The molecule has 0 atom stereocenters. The number of aliphatic hydroxyl groups excluding tert-OH is 1. The highest BCUT2D eigenvalue weighted by atomic mass is 35.5. The first-order valence-corrected chi connectivity index (χ1v) is 5.16. The summed E-state index contributed by atoms with van der Waals surface area (Å²) in [7, 11) is 0. The SMILES string of the molecule is CCN(CCO)c1cccc(Cl)c1C#N. The van der Waals surface area contributed by atoms with Gasteiger partial charge in [0.05, 0.1) is 22.9 Å². The summed E-state index contributed by atoms with van der Waals surface area (Å²) in [6.45, 7) is 3.27. The molecule has 0 aliphatic heterocycles. The van der Waals surface area contributed by atoms with Gasteiger partial charge in [0.15, 0.2) is 0 Å². The molecule has 15 heavy (non-hydrogen) atoms. The number of nitrogens with zero attached hydrogens (tertiary/aromatic N) is 2. The molecular formula is C11H13ClN2O. The minimum Gasteiger partial charge on any atom is -0.395 e. The fourth-order valence-corrected chi connectivity index (χ4v) is 1.67. The van der Waals surface area contributed by atoms with Crippen molar-refractivity contribution >= 4 is 17.3 Å². The van der Waals surface area contributed by atoms with E-state index < -0.39 is 0 Å². The van der Waals surface area contributed by atoms with Crippen LogP contribution < -0.4 is 4.90 Å². The maximum absolute atomic E-state index is 8.99. The molecule has 0 saturated heterocycles. The van der Waals surface area contributed by atoms with Gasteiger partial charge in [-0.15, -0.1) is 0 Å². The predicted octanol–water partition coefficient (Wildman–Crippen LogP) is 2.03. The lowest BCUT2D eigenvalue weighted by molar-refractivity contribution is 0.302. The standard InChI is InChI=1S/C11H13ClN2O/c1-2-14(6-7-15)11-5-3-4-10(12)9(11)8-13/h3-5,15H,2,6-7H2,1H3. The molecule has 4 heteroatoms. The Bertz CT molecular complexity index is 373. The normalized spacial score (nSPS) is 9.73. The third-order valence-corrected chi connectivity index (χ3v) is 2.51. The first kappa shape index (κ1) is 11.8. The molecule has 80 valence electrons. The van der Waals surface area contributed by atoms with E-state index in [0.29, 0.717) is 17.1 Å². The second kappa shape index (κ2) is 5.59. The first-order valence-electron chi connectivity index (χ1n) is 4.79. The van der Waals surface area contributed by atoms with Gasteiger partial charge < -0.3 is 10.0 Å². The van der Waals surface area contributed by atoms with Gasteiger partial charge in [0.25, 0.3) is 0 Å². The van der Waals surface area contributed by atoms with Crippen molar-refractivity contribution in [2.75, 3.05) is 24.6 Å². The quantitative estimate of drug-likeness (QED) is 0.852. The number of likely N-dealkylation sites (N-methyl/N-ethyl adjacent to an activating group) is 1. The maximum Gasteiger partial charge on any atom is 0.103 e. The molecule has 1 rings (SSSR count). The minimum absolute atomic E-state index is 0.0607. The van der Waals surface area contributed by atoms with Crippen LogP contribution in [0.1, 0.15) is 12.5 Å². The molecule has 0 bridgehead atoms. The van der Waals surface area contributed by atoms with Gasteiger partial charge in [-0.2, -0.15) is 5.26 Å². The van der Waals surface area contributed by atoms with Crippen LogP contribution in [0.2, 0.25) is 5.02 Å². The topological polar surface area (TPSA) is 47.3 Å². The van der Waals surface area contributed by atoms with Crippen molar-refractivity contribution < 1.29 is 5.11 Å². The van der Waals surface area contributed by atoms with Crippen molar-refractivity contribution in [3.63, 3.8) is 0 Å². The summed E-state index contributed by atoms with van der Waals surface area (Å²) in [6.07, 6.45) is 0. The molecule has 1 aromatic rings. The van der Waals surface area contributed by atoms with Crippen molar-refractivity contribution in [1.82, 2.24) is 0 Å². The molecule has 0 aliphatic carbocycles. The third kappa shape index (κ3) is 2.62. The van der Waals surface area contributed by atoms with Crippen LogP contribution in [0.15, 0.2) is 18.2 Å². The fraction of sp³-hybridized carbons (Fsp3) is 0.364. The number of hydrogen-bond acceptors (Lipinski definition) is 3. The zero-order valence-electron chi connectivity index (χ0n) is 8.57. The zero-order chi connectivity index (χ0) is 11.3. The molecule has 0 aliphatic rings. The molecule has 0 heterocycles. The summed E-state index contributed by atoms with van der Waals surface area (Å²) in [5, 5.41) is 18.3. The van der Waals surface area contributed by atoms with Crippen LogP contribution in [0.5, 0.6) is 0 Å². The molecule has 3 nitrogen and oxygen atoms in total. The van der Waals surface area contributed by atoms with Crippen LogP contribution in [0.3, 0.4) is 0 Å². The highest BCUT2D eigenvalue weighted by molar-refractivity contribution is 6.32. The average Bonchev–Trinajstić information content (AvgIpc) is 2.25. The van der Waals surface area contributed by atoms with Gasteiger partial charge in [0.1, 0.15) is 6.07 Å². The lowest BCUT2D eigenvalue weighted by Crippen LogP contribution is -2.26. The molecule has 0 amide bonds. The Morgan fingerprint density at radius 1 is 1.53 bits per heavy atom. The van der Waals surface area contributed by atoms with Gasteiger partial charge in [-0.05, 0) is 19.1 Å². The first-order chi connectivity index (χ1) is 7.24. The van der Waals surface area contributed by atoms with E-state index in [2.05, 4.69) is 6.07 Å². The molecule has 0 spiro atoms. The lowest BCUT2D eigenvalue weighted by Gasteiger charge is -2.23. The van der Waals surface area contributed by atoms with E-state index in [0.717, 1.165) is 12.2 Å². The average molecular weight is 225 g/mol. The van der Waals surface area contributed by atoms with E-state index in [4.69, 9.17) is 22.0 Å². The Kier molecular flexibility index (Phi) is 4.41. The molecule has 0 radical (unpaired) electrons. The summed E-state index contributed by atoms with van der Waals surface area (Å²) in [5.41, 5.74) is 1.25. The van der Waals surface area contributed by atoms with E-state index in [1.165, 1.54) is 0 Å². The highest BCUT2D eigenvalue weighted by Crippen LogP contribution is 2.26. The highest BCUT2D eigenvalue weighted by Gasteiger charge is 2.11. The van der Waals surface area contributed by atoms with Crippen LogP contribution in [-0.4, -0.2) is 24.8 Å². The zero-order valence-corrected chi connectivity index (χ0v) is 9.33. The van der Waals surface area contributed by atoms with Crippen LogP contribution >= 0.6 is 11.6 Å². The Balaban J connectivity index is 3.12. The number of benzene rings is 1. The number of nitriles is 1. The summed E-state index contributed by atoms with van der Waals surface area (Å²) in [6, 6.07) is 7.41. The summed E-state index contributed by atoms with van der Waals surface area (Å²) >= 11 is 5.92. The molecule has 0 saturated carbocycles. The van der Waals surface area contributed by atoms with E-state index in [9.17, 15) is 0 Å². The molecule has 1 N–H and O–H groups in total. The van der Waals surface area contributed by atoms with Crippen LogP contribution in [0.25, 0.3) is 0 Å². The molecule has 1 aromatic carbocycles. The molecular weight excluding hydrogens is 212 g/mol. The molecule has 0 unspecified atom stereocenters. The van der Waals surface area contributed by atoms with Gasteiger partial charge in [0, 0.05) is 13.1 Å². The summed E-state index contributed by atoms with van der Waals surface area (Å²) in [4.78, 5) is 1.92. The van der Waals surface area contributed by atoms with Crippen molar-refractivity contribution in [3.05, 3.63) is 28.8 Å². The Morgan fingerprint density at radius 2 is 2.27 bits per heavy atom. The monoisotopic (exact) mass is 224 g/mol. The molecule has 0 aromatic heterocycles. The third-order valence-electron chi connectivity index (χ3n) is 2.20. The van der Waals surface area contributed by atoms with Crippen molar-refractivity contribution in [2.24, 2.45) is 0 Å². The molecule has 0 fully saturated rings. The van der Waals surface area contributed by atoms with Crippen molar-refractivity contribution in [2.45, 2.75) is 6.92 Å². The van der Waals surface area contributed by atoms with Crippen molar-refractivity contribution in [1.29, 1.82) is 5.26 Å². The second-order valence-electron chi connectivity index (χ2n) is 3.05. The van der Waals surface area contributed by atoms with Crippen molar-refractivity contribution in [3.8, 4) is 6.07 Å². The Morgan fingerprint density at radius 3 is 2.80 bits per heavy atom. The Labute approximate surface area is 94.5 Å². The summed E-state index contributed by atoms with van der Waals surface area (Å²) < 4.78 is 0. The van der Waals surface area contributed by atoms with E-state index in [1.807, 2.05) is 17.9 Å². The Hall–Kier alpha value is -1.24. The van der Waals surface area contributed by atoms with Gasteiger partial charge in [-0.25, -0.2) is 0 Å². The number of halogens is 1. The van der Waals surface area contributed by atoms with E-state index in [1.54, 1.807) is 12.1 Å². The lowest BCUT2D eigenvalue weighted by atomic mass is 10.1. The fourth-order valence-electron chi connectivity index (χ4n) is 1.46. The van der Waals surface area contributed by atoms with E-state index in [-0.39, 0.29) is 6.61 Å². The smallest absolute Gasteiger partial charge is 0.103 e. The van der Waals surface area contributed by atoms with Crippen LogP contribution in [-0.2, 0) is 0 Å². The number of rotatable bonds is 4. The predicted molar refractivity (Wildman–Crippen MR) is 61.1 cm³/mol.